The molecule has 1 nitrogen and oxygen atoms in total. The Hall–Kier alpha value is 1.24. The summed E-state index contributed by atoms with van der Waals surface area (Å²) in [6.45, 7) is 2.02. The zero-order valence-electron chi connectivity index (χ0n) is 4.60. The van der Waals surface area contributed by atoms with E-state index in [1.165, 1.54) is 11.8 Å². The zero-order chi connectivity index (χ0) is 4.99. The predicted molar refractivity (Wildman–Crippen MR) is 34.9 cm³/mol. The van der Waals surface area contributed by atoms with Gasteiger partial charge in [-0.2, -0.15) is 0 Å². The second-order valence-corrected chi connectivity index (χ2v) is 2.76. The molecule has 0 bridgehead atoms. The molecule has 0 aromatic heterocycles. The maximum Gasteiger partial charge on any atom is 1.00 e. The van der Waals surface area contributed by atoms with E-state index in [1.54, 1.807) is 0 Å². The second kappa shape index (κ2) is 7.24. The first-order valence-corrected chi connectivity index (χ1v) is 3.09. The molecule has 4 heteroatoms. The molecule has 7 heavy (non-hydrogen) atoms. The molecule has 0 fully saturated rings. The summed E-state index contributed by atoms with van der Waals surface area (Å²) in [5.41, 5.74) is 5.10. The number of thioether (sulfide) groups is 1. The fraction of sp³-hybridized carbons (Fsp3) is 0.667. The standard InChI is InChI=1S/C3H7NS2.Na/c1-2-6-3(4)5;/h2H2,1H3,(H2,4,5);/q;+1. The van der Waals surface area contributed by atoms with Crippen molar-refractivity contribution in [2.24, 2.45) is 5.73 Å². The maximum absolute atomic E-state index is 5.10. The Morgan fingerprint density at radius 3 is 2.29 bits per heavy atom. The first-order chi connectivity index (χ1) is 2.77. The van der Waals surface area contributed by atoms with Gasteiger partial charge < -0.3 is 5.73 Å². The summed E-state index contributed by atoms with van der Waals surface area (Å²) < 4.78 is 0.539. The van der Waals surface area contributed by atoms with Crippen molar-refractivity contribution in [2.45, 2.75) is 6.92 Å². The van der Waals surface area contributed by atoms with Crippen LogP contribution in [0, 0.1) is 0 Å². The van der Waals surface area contributed by atoms with Crippen LogP contribution in [0.25, 0.3) is 0 Å². The topological polar surface area (TPSA) is 26.0 Å². The largest absolute Gasteiger partial charge is 1.00 e. The van der Waals surface area contributed by atoms with Crippen molar-refractivity contribution in [2.75, 3.05) is 5.75 Å². The van der Waals surface area contributed by atoms with Gasteiger partial charge >= 0.3 is 29.6 Å². The van der Waals surface area contributed by atoms with Crippen LogP contribution in [-0.2, 0) is 0 Å². The smallest absolute Gasteiger partial charge is 0.385 e. The van der Waals surface area contributed by atoms with Crippen LogP contribution in [0.1, 0.15) is 6.92 Å². The SMILES string of the molecule is CCSC(N)=S.[Na+]. The first-order valence-electron chi connectivity index (χ1n) is 1.69. The summed E-state index contributed by atoms with van der Waals surface area (Å²) in [6.07, 6.45) is 0. The fourth-order valence-electron chi connectivity index (χ4n) is 0.142. The van der Waals surface area contributed by atoms with Gasteiger partial charge in [0.15, 0.2) is 0 Å². The van der Waals surface area contributed by atoms with Crippen molar-refractivity contribution in [3.63, 3.8) is 0 Å². The molecule has 2 N–H and O–H groups in total. The average molecular weight is 144 g/mol. The Kier molecular flexibility index (Phi) is 11.5. The van der Waals surface area contributed by atoms with Crippen molar-refractivity contribution in [3.05, 3.63) is 0 Å². The first kappa shape index (κ1) is 11.1. The van der Waals surface area contributed by atoms with Crippen LogP contribution in [0.15, 0.2) is 0 Å². The van der Waals surface area contributed by atoms with E-state index in [0.29, 0.717) is 4.32 Å². The van der Waals surface area contributed by atoms with Crippen molar-refractivity contribution in [1.29, 1.82) is 0 Å². The molecule has 0 saturated heterocycles. The molecule has 0 unspecified atom stereocenters. The number of rotatable bonds is 1. The minimum atomic E-state index is 0. The van der Waals surface area contributed by atoms with Gasteiger partial charge in [-0.1, -0.05) is 30.9 Å². The van der Waals surface area contributed by atoms with Crippen LogP contribution in [0.3, 0.4) is 0 Å². The van der Waals surface area contributed by atoms with Gasteiger partial charge in [-0.3, -0.25) is 0 Å². The van der Waals surface area contributed by atoms with Crippen molar-refractivity contribution in [1.82, 2.24) is 0 Å². The molecule has 0 radical (unpaired) electrons. The van der Waals surface area contributed by atoms with Gasteiger partial charge in [0.2, 0.25) is 0 Å². The third kappa shape index (κ3) is 11.1. The number of hydrogen-bond donors (Lipinski definition) is 1. The summed E-state index contributed by atoms with van der Waals surface area (Å²) >= 11 is 6.03. The van der Waals surface area contributed by atoms with Gasteiger partial charge in [0.25, 0.3) is 0 Å². The van der Waals surface area contributed by atoms with Crippen LogP contribution in [-0.4, -0.2) is 10.1 Å². The van der Waals surface area contributed by atoms with Crippen LogP contribution in [0.2, 0.25) is 0 Å². The van der Waals surface area contributed by atoms with E-state index >= 15 is 0 Å². The Morgan fingerprint density at radius 1 is 1.86 bits per heavy atom. The predicted octanol–water partition coefficient (Wildman–Crippen LogP) is -2.01. The molecular formula is C3H7NNaS2+. The van der Waals surface area contributed by atoms with E-state index < -0.39 is 0 Å². The van der Waals surface area contributed by atoms with Gasteiger partial charge in [-0.05, 0) is 5.75 Å². The Bertz CT molecular complexity index is 56.9. The molecule has 0 amide bonds. The average Bonchev–Trinajstić information content (AvgIpc) is 1.35. The van der Waals surface area contributed by atoms with Gasteiger partial charge in [0.05, 0.1) is 0 Å². The summed E-state index contributed by atoms with van der Waals surface area (Å²) in [5.74, 6) is 0.981. The summed E-state index contributed by atoms with van der Waals surface area (Å²) in [4.78, 5) is 0. The molecule has 0 rings (SSSR count). The molecule has 0 aliphatic carbocycles. The number of nitrogens with two attached hydrogens (primary N) is 1. The monoisotopic (exact) mass is 144 g/mol. The molecule has 0 aliphatic heterocycles. The molecule has 0 saturated carbocycles. The Balaban J connectivity index is 0. The van der Waals surface area contributed by atoms with E-state index in [0.717, 1.165) is 5.75 Å². The van der Waals surface area contributed by atoms with Gasteiger partial charge in [0, 0.05) is 0 Å². The van der Waals surface area contributed by atoms with Crippen molar-refractivity contribution in [3.8, 4) is 0 Å². The molecule has 36 valence electrons. The van der Waals surface area contributed by atoms with E-state index in [1.807, 2.05) is 6.92 Å². The van der Waals surface area contributed by atoms with Crippen LogP contribution in [0.4, 0.5) is 0 Å². The maximum atomic E-state index is 5.10. The molecule has 0 atom stereocenters. The van der Waals surface area contributed by atoms with E-state index in [-0.39, 0.29) is 29.6 Å². The minimum absolute atomic E-state index is 0. The second-order valence-electron chi connectivity index (χ2n) is 0.752. The third-order valence-electron chi connectivity index (χ3n) is 0.287. The molecular weight excluding hydrogens is 137 g/mol. The van der Waals surface area contributed by atoms with E-state index in [9.17, 15) is 0 Å². The van der Waals surface area contributed by atoms with Crippen molar-refractivity contribution >= 4 is 28.3 Å². The molecule has 0 heterocycles. The Morgan fingerprint density at radius 2 is 2.29 bits per heavy atom. The molecule has 0 spiro atoms. The minimum Gasteiger partial charge on any atom is -0.385 e. The summed E-state index contributed by atoms with van der Waals surface area (Å²) in [7, 11) is 0. The molecule has 0 aromatic carbocycles. The quantitative estimate of drug-likeness (QED) is 0.340. The molecule has 0 aliphatic rings. The summed E-state index contributed by atoms with van der Waals surface area (Å²) in [6, 6.07) is 0. The zero-order valence-corrected chi connectivity index (χ0v) is 8.23. The Labute approximate surface area is 75.7 Å². The van der Waals surface area contributed by atoms with Crippen LogP contribution >= 0.6 is 24.0 Å². The van der Waals surface area contributed by atoms with Crippen molar-refractivity contribution < 1.29 is 29.6 Å². The van der Waals surface area contributed by atoms with Crippen LogP contribution in [0.5, 0.6) is 0 Å². The normalized spacial score (nSPS) is 7.00. The number of thiocarbonyl (C=S) groups is 1. The fourth-order valence-corrected chi connectivity index (χ4v) is 0.780. The molecule has 0 aromatic rings. The summed E-state index contributed by atoms with van der Waals surface area (Å²) in [5, 5.41) is 0. The van der Waals surface area contributed by atoms with Gasteiger partial charge in [0.1, 0.15) is 4.32 Å². The van der Waals surface area contributed by atoms with Crippen LogP contribution < -0.4 is 35.3 Å². The van der Waals surface area contributed by atoms with E-state index in [2.05, 4.69) is 12.2 Å². The van der Waals surface area contributed by atoms with E-state index in [4.69, 9.17) is 5.73 Å². The number of hydrogen-bond acceptors (Lipinski definition) is 2. The third-order valence-corrected chi connectivity index (χ3v) is 1.21. The van der Waals surface area contributed by atoms with Gasteiger partial charge in [-0.25, -0.2) is 0 Å². The van der Waals surface area contributed by atoms with Gasteiger partial charge in [-0.15, -0.1) is 0 Å².